The Morgan fingerprint density at radius 3 is 2.89 bits per heavy atom. The predicted octanol–water partition coefficient (Wildman–Crippen LogP) is 1.05. The third-order valence-corrected chi connectivity index (χ3v) is 0.983. The molecule has 0 aromatic carbocycles. The first-order valence-electron chi connectivity index (χ1n) is 2.70. The van der Waals surface area contributed by atoms with Gasteiger partial charge in [0, 0.05) is 6.54 Å². The van der Waals surface area contributed by atoms with Crippen LogP contribution in [0, 0.1) is 0 Å². The van der Waals surface area contributed by atoms with E-state index in [1.807, 2.05) is 13.2 Å². The van der Waals surface area contributed by atoms with Crippen LogP contribution in [0.25, 0.3) is 0 Å². The van der Waals surface area contributed by atoms with Crippen LogP contribution in [0.3, 0.4) is 0 Å². The topological polar surface area (TPSA) is 38.3 Å². The highest BCUT2D eigenvalue weighted by atomic mass is 32.2. The lowest BCUT2D eigenvalue weighted by Gasteiger charge is -2.01. The van der Waals surface area contributed by atoms with Crippen LogP contribution in [-0.4, -0.2) is 24.8 Å². The van der Waals surface area contributed by atoms with E-state index >= 15 is 0 Å². The second-order valence-electron chi connectivity index (χ2n) is 1.37. The summed E-state index contributed by atoms with van der Waals surface area (Å²) in [6.07, 6.45) is 1.53. The van der Waals surface area contributed by atoms with Crippen LogP contribution < -0.4 is 5.32 Å². The zero-order valence-electron chi connectivity index (χ0n) is 5.64. The van der Waals surface area contributed by atoms with E-state index in [1.165, 1.54) is 11.8 Å². The third kappa shape index (κ3) is 5.49. The number of ether oxygens (including phenoxy) is 1. The van der Waals surface area contributed by atoms with Gasteiger partial charge in [-0.3, -0.25) is 0 Å². The fourth-order valence-electron chi connectivity index (χ4n) is 0.308. The van der Waals surface area contributed by atoms with Crippen LogP contribution in [-0.2, 0) is 4.74 Å². The van der Waals surface area contributed by atoms with Crippen molar-refractivity contribution >= 4 is 17.9 Å². The second kappa shape index (κ2) is 5.75. The van der Waals surface area contributed by atoms with Crippen LogP contribution in [0.15, 0.2) is 0 Å². The van der Waals surface area contributed by atoms with Crippen LogP contribution >= 0.6 is 11.8 Å². The Morgan fingerprint density at radius 2 is 2.44 bits per heavy atom. The normalized spacial score (nSPS) is 8.67. The standard InChI is InChI=1S/C5H11NO2S/c1-3-6-5(7)8-4-9-2/h3-4H2,1-2H3,(H,6,7). The van der Waals surface area contributed by atoms with Gasteiger partial charge >= 0.3 is 6.09 Å². The molecule has 0 aliphatic carbocycles. The van der Waals surface area contributed by atoms with Gasteiger partial charge in [-0.05, 0) is 13.2 Å². The molecule has 0 saturated carbocycles. The van der Waals surface area contributed by atoms with Gasteiger partial charge in [0.25, 0.3) is 0 Å². The van der Waals surface area contributed by atoms with Gasteiger partial charge in [-0.15, -0.1) is 11.8 Å². The van der Waals surface area contributed by atoms with Gasteiger partial charge in [0.2, 0.25) is 0 Å². The summed E-state index contributed by atoms with van der Waals surface area (Å²) in [5, 5.41) is 2.51. The summed E-state index contributed by atoms with van der Waals surface area (Å²) in [7, 11) is 0. The van der Waals surface area contributed by atoms with Crippen molar-refractivity contribution in [3.63, 3.8) is 0 Å². The Kier molecular flexibility index (Phi) is 5.51. The van der Waals surface area contributed by atoms with E-state index < -0.39 is 0 Å². The van der Waals surface area contributed by atoms with E-state index in [0.29, 0.717) is 12.5 Å². The minimum absolute atomic E-state index is 0.341. The Bertz CT molecular complexity index is 87.0. The molecule has 0 spiro atoms. The summed E-state index contributed by atoms with van der Waals surface area (Å²) < 4.78 is 4.64. The lowest BCUT2D eigenvalue weighted by atomic mass is 10.8. The molecule has 0 aliphatic heterocycles. The molecule has 0 aliphatic rings. The number of hydrogen-bond donors (Lipinski definition) is 1. The molecular formula is C5H11NO2S. The largest absolute Gasteiger partial charge is 0.439 e. The van der Waals surface area contributed by atoms with Gasteiger partial charge in [0.15, 0.2) is 0 Å². The van der Waals surface area contributed by atoms with Crippen molar-refractivity contribution in [3.8, 4) is 0 Å². The van der Waals surface area contributed by atoms with Gasteiger partial charge in [-0.1, -0.05) is 0 Å². The number of alkyl carbamates (subject to hydrolysis) is 1. The van der Waals surface area contributed by atoms with E-state index in [0.717, 1.165) is 0 Å². The molecule has 0 aromatic heterocycles. The number of rotatable bonds is 3. The number of carbonyl (C=O) groups excluding carboxylic acids is 1. The summed E-state index contributed by atoms with van der Waals surface area (Å²) in [6, 6.07) is 0. The smallest absolute Gasteiger partial charge is 0.407 e. The second-order valence-corrected chi connectivity index (χ2v) is 2.18. The zero-order chi connectivity index (χ0) is 7.11. The Hall–Kier alpha value is -0.380. The van der Waals surface area contributed by atoms with Crippen molar-refractivity contribution in [1.29, 1.82) is 0 Å². The first-order chi connectivity index (χ1) is 4.31. The number of amides is 1. The van der Waals surface area contributed by atoms with E-state index in [2.05, 4.69) is 10.1 Å². The highest BCUT2D eigenvalue weighted by molar-refractivity contribution is 7.98. The van der Waals surface area contributed by atoms with Crippen LogP contribution in [0.4, 0.5) is 4.79 Å². The summed E-state index contributed by atoms with van der Waals surface area (Å²) in [6.45, 7) is 2.47. The quantitative estimate of drug-likeness (QED) is 0.609. The molecule has 0 radical (unpaired) electrons. The fourth-order valence-corrected chi connectivity index (χ4v) is 0.533. The molecule has 0 rings (SSSR count). The van der Waals surface area contributed by atoms with Crippen LogP contribution in [0.5, 0.6) is 0 Å². The predicted molar refractivity (Wildman–Crippen MR) is 38.5 cm³/mol. The Morgan fingerprint density at radius 1 is 1.78 bits per heavy atom. The Balaban J connectivity index is 3.06. The fraction of sp³-hybridized carbons (Fsp3) is 0.800. The molecule has 3 nitrogen and oxygen atoms in total. The molecule has 1 N–H and O–H groups in total. The summed E-state index contributed by atoms with van der Waals surface area (Å²) in [4.78, 5) is 10.5. The lowest BCUT2D eigenvalue weighted by Crippen LogP contribution is -2.23. The minimum atomic E-state index is -0.341. The first-order valence-corrected chi connectivity index (χ1v) is 4.10. The zero-order valence-corrected chi connectivity index (χ0v) is 6.46. The van der Waals surface area contributed by atoms with E-state index in [-0.39, 0.29) is 6.09 Å². The molecule has 9 heavy (non-hydrogen) atoms. The molecule has 0 atom stereocenters. The van der Waals surface area contributed by atoms with E-state index in [1.54, 1.807) is 0 Å². The molecule has 0 unspecified atom stereocenters. The van der Waals surface area contributed by atoms with Gasteiger partial charge in [0.05, 0.1) is 0 Å². The maximum atomic E-state index is 10.5. The molecule has 54 valence electrons. The summed E-state index contributed by atoms with van der Waals surface area (Å²) >= 11 is 1.47. The number of nitrogens with one attached hydrogen (secondary N) is 1. The van der Waals surface area contributed by atoms with E-state index in [4.69, 9.17) is 0 Å². The van der Waals surface area contributed by atoms with Crippen molar-refractivity contribution in [2.24, 2.45) is 0 Å². The highest BCUT2D eigenvalue weighted by Crippen LogP contribution is 1.91. The van der Waals surface area contributed by atoms with Crippen LogP contribution in [0.2, 0.25) is 0 Å². The van der Waals surface area contributed by atoms with Gasteiger partial charge < -0.3 is 10.1 Å². The monoisotopic (exact) mass is 149 g/mol. The summed E-state index contributed by atoms with van der Waals surface area (Å²) in [5.74, 6) is 0.422. The maximum Gasteiger partial charge on any atom is 0.407 e. The third-order valence-electron chi connectivity index (χ3n) is 0.629. The van der Waals surface area contributed by atoms with Gasteiger partial charge in [0.1, 0.15) is 5.94 Å². The molecule has 0 bridgehead atoms. The molecule has 0 saturated heterocycles. The van der Waals surface area contributed by atoms with Crippen molar-refractivity contribution in [1.82, 2.24) is 5.32 Å². The average molecular weight is 149 g/mol. The van der Waals surface area contributed by atoms with E-state index in [9.17, 15) is 4.79 Å². The molecule has 0 fully saturated rings. The number of carbonyl (C=O) groups is 1. The van der Waals surface area contributed by atoms with Crippen molar-refractivity contribution in [2.45, 2.75) is 6.92 Å². The van der Waals surface area contributed by atoms with Crippen molar-refractivity contribution < 1.29 is 9.53 Å². The Labute approximate surface area is 59.1 Å². The molecule has 1 amide bonds. The average Bonchev–Trinajstić information content (AvgIpc) is 1.85. The van der Waals surface area contributed by atoms with Gasteiger partial charge in [-0.25, -0.2) is 4.79 Å². The maximum absolute atomic E-state index is 10.5. The number of hydrogen-bond acceptors (Lipinski definition) is 3. The van der Waals surface area contributed by atoms with Crippen molar-refractivity contribution in [3.05, 3.63) is 0 Å². The number of thioether (sulfide) groups is 1. The van der Waals surface area contributed by atoms with Crippen LogP contribution in [0.1, 0.15) is 6.92 Å². The van der Waals surface area contributed by atoms with Crippen molar-refractivity contribution in [2.75, 3.05) is 18.7 Å². The molecule has 0 aromatic rings. The molecular weight excluding hydrogens is 138 g/mol. The minimum Gasteiger partial charge on any atom is -0.439 e. The highest BCUT2D eigenvalue weighted by Gasteiger charge is 1.94. The summed E-state index contributed by atoms with van der Waals surface area (Å²) in [5.41, 5.74) is 0. The van der Waals surface area contributed by atoms with Gasteiger partial charge in [-0.2, -0.15) is 0 Å². The lowest BCUT2D eigenvalue weighted by molar-refractivity contribution is 0.166. The molecule has 0 heterocycles. The first kappa shape index (κ1) is 8.62. The SMILES string of the molecule is CCNC(=O)OCSC. The molecule has 4 heteroatoms.